The van der Waals surface area contributed by atoms with Crippen LogP contribution in [0.1, 0.15) is 37.8 Å². The summed E-state index contributed by atoms with van der Waals surface area (Å²) in [7, 11) is -3.60. The van der Waals surface area contributed by atoms with E-state index in [2.05, 4.69) is 5.32 Å². The zero-order valence-electron chi connectivity index (χ0n) is 14.8. The molecule has 0 unspecified atom stereocenters. The van der Waals surface area contributed by atoms with Crippen LogP contribution in [-0.2, 0) is 21.4 Å². The molecule has 0 saturated heterocycles. The molecule has 0 spiro atoms. The highest BCUT2D eigenvalue weighted by atomic mass is 32.2. The molecule has 1 aromatic carbocycles. The van der Waals surface area contributed by atoms with E-state index < -0.39 is 10.0 Å². The molecule has 0 bridgehead atoms. The Labute approximate surface area is 153 Å². The summed E-state index contributed by atoms with van der Waals surface area (Å²) in [4.78, 5) is 11.8. The Morgan fingerprint density at radius 1 is 1.24 bits per heavy atom. The van der Waals surface area contributed by atoms with Crippen LogP contribution in [0.3, 0.4) is 0 Å². The third-order valence-electron chi connectivity index (χ3n) is 3.81. The van der Waals surface area contributed by atoms with Crippen LogP contribution in [0.15, 0.2) is 39.9 Å². The fourth-order valence-electron chi connectivity index (χ4n) is 2.52. The van der Waals surface area contributed by atoms with E-state index in [0.717, 1.165) is 12.0 Å². The quantitative estimate of drug-likeness (QED) is 0.752. The highest BCUT2D eigenvalue weighted by Crippen LogP contribution is 2.25. The number of amides is 1. The first kappa shape index (κ1) is 19.6. The number of sulfonamides is 1. The molecule has 0 atom stereocenters. The Kier molecular flexibility index (Phi) is 6.75. The summed E-state index contributed by atoms with van der Waals surface area (Å²) in [5, 5.41) is 6.67. The predicted octanol–water partition coefficient (Wildman–Crippen LogP) is 4.01. The minimum absolute atomic E-state index is 0.0972. The molecule has 2 rings (SSSR count). The molecule has 136 valence electrons. The van der Waals surface area contributed by atoms with Crippen LogP contribution in [0.5, 0.6) is 0 Å². The monoisotopic (exact) mass is 380 g/mol. The lowest BCUT2D eigenvalue weighted by Gasteiger charge is -2.22. The lowest BCUT2D eigenvalue weighted by atomic mass is 10.2. The summed E-state index contributed by atoms with van der Waals surface area (Å²) < 4.78 is 27.7. The van der Waals surface area contributed by atoms with E-state index in [4.69, 9.17) is 0 Å². The first-order chi connectivity index (χ1) is 11.9. The molecule has 0 aliphatic carbocycles. The number of carbonyl (C=O) groups is 1. The standard InChI is InChI=1S/C18H24N2O3S2/c1-4-9-20(12-15-8-10-24-13-15)25(22,23)17-7-6-16(11-14(17)3)19-18(21)5-2/h6-8,10-11,13H,4-5,9,12H2,1-3H3,(H,19,21). The SMILES string of the molecule is CCCN(Cc1ccsc1)S(=O)(=O)c1ccc(NC(=O)CC)cc1C. The normalized spacial score (nSPS) is 11.7. The fourth-order valence-corrected chi connectivity index (χ4v) is 4.91. The van der Waals surface area contributed by atoms with Crippen molar-refractivity contribution >= 4 is 33.0 Å². The molecule has 0 radical (unpaired) electrons. The van der Waals surface area contributed by atoms with Gasteiger partial charge in [-0.05, 0) is 59.5 Å². The van der Waals surface area contributed by atoms with Gasteiger partial charge in [0.15, 0.2) is 0 Å². The van der Waals surface area contributed by atoms with Gasteiger partial charge in [-0.15, -0.1) is 0 Å². The average molecular weight is 381 g/mol. The number of rotatable bonds is 8. The number of carbonyl (C=O) groups excluding carboxylic acids is 1. The number of aryl methyl sites for hydroxylation is 1. The number of nitrogens with zero attached hydrogens (tertiary/aromatic N) is 1. The van der Waals surface area contributed by atoms with Gasteiger partial charge in [0.25, 0.3) is 0 Å². The van der Waals surface area contributed by atoms with Crippen LogP contribution in [-0.4, -0.2) is 25.2 Å². The third kappa shape index (κ3) is 4.90. The van der Waals surface area contributed by atoms with Gasteiger partial charge in [0.1, 0.15) is 0 Å². The summed E-state index contributed by atoms with van der Waals surface area (Å²) in [6.45, 7) is 6.32. The molecule has 1 amide bonds. The smallest absolute Gasteiger partial charge is 0.243 e. The molecule has 0 saturated carbocycles. The van der Waals surface area contributed by atoms with Crippen molar-refractivity contribution in [1.82, 2.24) is 4.31 Å². The Hall–Kier alpha value is -1.70. The Balaban J connectivity index is 2.30. The summed E-state index contributed by atoms with van der Waals surface area (Å²) in [5.74, 6) is -0.0972. The second-order valence-electron chi connectivity index (χ2n) is 5.85. The molecule has 0 aliphatic rings. The van der Waals surface area contributed by atoms with Crippen molar-refractivity contribution in [3.05, 3.63) is 46.2 Å². The second-order valence-corrected chi connectivity index (χ2v) is 8.54. The average Bonchev–Trinajstić information content (AvgIpc) is 3.07. The second kappa shape index (κ2) is 8.60. The maximum Gasteiger partial charge on any atom is 0.243 e. The van der Waals surface area contributed by atoms with Gasteiger partial charge < -0.3 is 5.32 Å². The van der Waals surface area contributed by atoms with E-state index in [1.807, 2.05) is 23.8 Å². The maximum absolute atomic E-state index is 13.1. The molecule has 25 heavy (non-hydrogen) atoms. The van der Waals surface area contributed by atoms with E-state index in [1.54, 1.807) is 43.4 Å². The molecule has 0 aliphatic heterocycles. The van der Waals surface area contributed by atoms with Crippen LogP contribution in [0.4, 0.5) is 5.69 Å². The number of hydrogen-bond acceptors (Lipinski definition) is 4. The molecular weight excluding hydrogens is 356 g/mol. The highest BCUT2D eigenvalue weighted by molar-refractivity contribution is 7.89. The van der Waals surface area contributed by atoms with Gasteiger partial charge in [0.05, 0.1) is 4.90 Å². The third-order valence-corrected chi connectivity index (χ3v) is 6.55. The maximum atomic E-state index is 13.1. The van der Waals surface area contributed by atoms with Gasteiger partial charge in [-0.25, -0.2) is 8.42 Å². The predicted molar refractivity (Wildman–Crippen MR) is 102 cm³/mol. The van der Waals surface area contributed by atoms with Crippen molar-refractivity contribution in [2.75, 3.05) is 11.9 Å². The van der Waals surface area contributed by atoms with E-state index >= 15 is 0 Å². The number of thiophene rings is 1. The van der Waals surface area contributed by atoms with Gasteiger partial charge >= 0.3 is 0 Å². The van der Waals surface area contributed by atoms with Crippen LogP contribution in [0.2, 0.25) is 0 Å². The summed E-state index contributed by atoms with van der Waals surface area (Å²) in [5.41, 5.74) is 2.23. The number of anilines is 1. The van der Waals surface area contributed by atoms with Crippen LogP contribution < -0.4 is 5.32 Å². The Bertz CT molecular complexity index is 815. The minimum atomic E-state index is -3.60. The van der Waals surface area contributed by atoms with Gasteiger partial charge in [0.2, 0.25) is 15.9 Å². The van der Waals surface area contributed by atoms with Crippen LogP contribution in [0.25, 0.3) is 0 Å². The molecule has 0 fully saturated rings. The molecule has 1 N–H and O–H groups in total. The Morgan fingerprint density at radius 3 is 2.56 bits per heavy atom. The first-order valence-electron chi connectivity index (χ1n) is 8.30. The lowest BCUT2D eigenvalue weighted by Crippen LogP contribution is -2.31. The summed E-state index contributed by atoms with van der Waals surface area (Å²) in [6, 6.07) is 6.86. The van der Waals surface area contributed by atoms with Crippen molar-refractivity contribution in [2.24, 2.45) is 0 Å². The number of benzene rings is 1. The number of hydrogen-bond donors (Lipinski definition) is 1. The molecule has 2 aromatic rings. The van der Waals surface area contributed by atoms with Crippen molar-refractivity contribution < 1.29 is 13.2 Å². The summed E-state index contributed by atoms with van der Waals surface area (Å²) in [6.07, 6.45) is 1.12. The van der Waals surface area contributed by atoms with Gasteiger partial charge in [-0.3, -0.25) is 4.79 Å². The van der Waals surface area contributed by atoms with Crippen molar-refractivity contribution in [1.29, 1.82) is 0 Å². The van der Waals surface area contributed by atoms with Crippen LogP contribution in [0, 0.1) is 6.92 Å². The largest absolute Gasteiger partial charge is 0.326 e. The lowest BCUT2D eigenvalue weighted by molar-refractivity contribution is -0.115. The molecule has 7 heteroatoms. The molecule has 1 heterocycles. The fraction of sp³-hybridized carbons (Fsp3) is 0.389. The zero-order chi connectivity index (χ0) is 18.4. The van der Waals surface area contributed by atoms with E-state index in [-0.39, 0.29) is 10.8 Å². The van der Waals surface area contributed by atoms with Crippen molar-refractivity contribution in [3.8, 4) is 0 Å². The highest BCUT2D eigenvalue weighted by Gasteiger charge is 2.26. The first-order valence-corrected chi connectivity index (χ1v) is 10.7. The topological polar surface area (TPSA) is 66.5 Å². The van der Waals surface area contributed by atoms with Crippen molar-refractivity contribution in [2.45, 2.75) is 45.1 Å². The minimum Gasteiger partial charge on any atom is -0.326 e. The van der Waals surface area contributed by atoms with Crippen LogP contribution >= 0.6 is 11.3 Å². The Morgan fingerprint density at radius 2 is 2.00 bits per heavy atom. The van der Waals surface area contributed by atoms with E-state index in [9.17, 15) is 13.2 Å². The number of nitrogens with one attached hydrogen (secondary N) is 1. The zero-order valence-corrected chi connectivity index (χ0v) is 16.4. The summed E-state index contributed by atoms with van der Waals surface area (Å²) >= 11 is 1.56. The molecular formula is C18H24N2O3S2. The molecule has 1 aromatic heterocycles. The van der Waals surface area contributed by atoms with Gasteiger partial charge in [0, 0.05) is 25.2 Å². The van der Waals surface area contributed by atoms with Gasteiger partial charge in [-0.1, -0.05) is 13.8 Å². The van der Waals surface area contributed by atoms with E-state index in [0.29, 0.717) is 30.8 Å². The molecule has 5 nitrogen and oxygen atoms in total. The van der Waals surface area contributed by atoms with E-state index in [1.165, 1.54) is 4.31 Å². The van der Waals surface area contributed by atoms with Crippen molar-refractivity contribution in [3.63, 3.8) is 0 Å². The van der Waals surface area contributed by atoms with Gasteiger partial charge in [-0.2, -0.15) is 15.6 Å².